The first-order valence-electron chi connectivity index (χ1n) is 7.10. The minimum atomic E-state index is -0.412. The van der Waals surface area contributed by atoms with Crippen LogP contribution in [0.5, 0.6) is 0 Å². The molecule has 3 rings (SSSR count). The zero-order valence-electron chi connectivity index (χ0n) is 12.7. The van der Waals surface area contributed by atoms with Crippen molar-refractivity contribution in [1.82, 2.24) is 15.4 Å². The summed E-state index contributed by atoms with van der Waals surface area (Å²) in [6.45, 7) is 2.00. The average molecular weight is 355 g/mol. The van der Waals surface area contributed by atoms with Crippen LogP contribution in [0.25, 0.3) is 6.08 Å². The zero-order chi connectivity index (χ0) is 17.1. The van der Waals surface area contributed by atoms with Crippen LogP contribution in [0.2, 0.25) is 0 Å². The third-order valence-corrected chi connectivity index (χ3v) is 4.63. The van der Waals surface area contributed by atoms with Crippen LogP contribution in [-0.4, -0.2) is 26.1 Å². The standard InChI is InChI=1S/C17H13N3O2S2/c1-11-2-4-12(5-3-11)10-14-16(22)20(17(23)24-14)19-15(21)13-6-8-18-9-7-13/h2-10H,1H3,(H,19,21). The summed E-state index contributed by atoms with van der Waals surface area (Å²) < 4.78 is 0.292. The minimum Gasteiger partial charge on any atom is -0.267 e. The lowest BCUT2D eigenvalue weighted by molar-refractivity contribution is -0.123. The fourth-order valence-corrected chi connectivity index (χ4v) is 3.23. The quantitative estimate of drug-likeness (QED) is 0.677. The van der Waals surface area contributed by atoms with Crippen LogP contribution >= 0.6 is 24.0 Å². The Bertz CT molecular complexity index is 833. The predicted molar refractivity (Wildman–Crippen MR) is 97.9 cm³/mol. The second-order valence-electron chi connectivity index (χ2n) is 5.10. The van der Waals surface area contributed by atoms with Crippen molar-refractivity contribution < 1.29 is 9.59 Å². The van der Waals surface area contributed by atoms with Gasteiger partial charge in [-0.2, -0.15) is 5.01 Å². The summed E-state index contributed by atoms with van der Waals surface area (Å²) >= 11 is 6.36. The number of pyridine rings is 1. The Labute approximate surface area is 148 Å². The molecular formula is C17H13N3O2S2. The largest absolute Gasteiger partial charge is 0.285 e. The number of carbonyl (C=O) groups excluding carboxylic acids is 2. The van der Waals surface area contributed by atoms with E-state index < -0.39 is 5.91 Å². The van der Waals surface area contributed by atoms with Gasteiger partial charge in [0.15, 0.2) is 4.32 Å². The number of amides is 2. The Morgan fingerprint density at radius 2 is 1.88 bits per heavy atom. The van der Waals surface area contributed by atoms with Gasteiger partial charge in [-0.3, -0.25) is 20.0 Å². The van der Waals surface area contributed by atoms with E-state index in [0.717, 1.165) is 27.9 Å². The summed E-state index contributed by atoms with van der Waals surface area (Å²) in [5, 5.41) is 1.10. The number of aromatic nitrogens is 1. The van der Waals surface area contributed by atoms with Crippen molar-refractivity contribution in [3.8, 4) is 0 Å². The Kier molecular flexibility index (Phi) is 4.73. The van der Waals surface area contributed by atoms with Crippen LogP contribution in [0, 0.1) is 6.92 Å². The molecule has 2 aromatic rings. The molecule has 5 nitrogen and oxygen atoms in total. The molecule has 1 aromatic heterocycles. The van der Waals surface area contributed by atoms with E-state index in [1.807, 2.05) is 31.2 Å². The van der Waals surface area contributed by atoms with E-state index in [9.17, 15) is 9.59 Å². The Hall–Kier alpha value is -2.51. The smallest absolute Gasteiger partial charge is 0.267 e. The van der Waals surface area contributed by atoms with Gasteiger partial charge in [0, 0.05) is 18.0 Å². The molecule has 0 spiro atoms. The third kappa shape index (κ3) is 3.52. The fourth-order valence-electron chi connectivity index (χ4n) is 2.05. The molecule has 1 fully saturated rings. The third-order valence-electron chi connectivity index (χ3n) is 3.32. The highest BCUT2D eigenvalue weighted by Crippen LogP contribution is 2.31. The van der Waals surface area contributed by atoms with E-state index >= 15 is 0 Å². The zero-order valence-corrected chi connectivity index (χ0v) is 14.4. The molecule has 0 aliphatic carbocycles. The maximum absolute atomic E-state index is 12.5. The molecule has 0 saturated carbocycles. The van der Waals surface area contributed by atoms with Crippen molar-refractivity contribution in [1.29, 1.82) is 0 Å². The van der Waals surface area contributed by atoms with E-state index in [2.05, 4.69) is 10.4 Å². The van der Waals surface area contributed by atoms with Crippen molar-refractivity contribution in [3.05, 3.63) is 70.4 Å². The van der Waals surface area contributed by atoms with Crippen LogP contribution in [0.3, 0.4) is 0 Å². The molecule has 2 amide bonds. The number of carbonyl (C=O) groups is 2. The van der Waals surface area contributed by atoms with Crippen LogP contribution < -0.4 is 5.43 Å². The van der Waals surface area contributed by atoms with Gasteiger partial charge in [-0.15, -0.1) is 0 Å². The first-order chi connectivity index (χ1) is 11.5. The number of thioether (sulfide) groups is 1. The highest BCUT2D eigenvalue weighted by atomic mass is 32.2. The lowest BCUT2D eigenvalue weighted by Gasteiger charge is -2.15. The molecule has 0 unspecified atom stereocenters. The van der Waals surface area contributed by atoms with Crippen molar-refractivity contribution in [2.24, 2.45) is 0 Å². The molecule has 1 N–H and O–H groups in total. The fraction of sp³-hybridized carbons (Fsp3) is 0.0588. The number of nitrogens with one attached hydrogen (secondary N) is 1. The van der Waals surface area contributed by atoms with Gasteiger partial charge in [0.1, 0.15) is 0 Å². The number of benzene rings is 1. The van der Waals surface area contributed by atoms with Gasteiger partial charge < -0.3 is 0 Å². The van der Waals surface area contributed by atoms with Gasteiger partial charge in [0.05, 0.1) is 4.91 Å². The maximum Gasteiger partial charge on any atom is 0.285 e. The lowest BCUT2D eigenvalue weighted by Crippen LogP contribution is -2.44. The lowest BCUT2D eigenvalue weighted by atomic mass is 10.1. The van der Waals surface area contributed by atoms with Crippen LogP contribution in [0.15, 0.2) is 53.7 Å². The highest BCUT2D eigenvalue weighted by Gasteiger charge is 2.33. The molecule has 24 heavy (non-hydrogen) atoms. The molecule has 1 saturated heterocycles. The van der Waals surface area contributed by atoms with E-state index in [1.165, 1.54) is 12.4 Å². The van der Waals surface area contributed by atoms with Crippen molar-refractivity contribution in [2.75, 3.05) is 0 Å². The molecule has 0 bridgehead atoms. The Morgan fingerprint density at radius 1 is 1.21 bits per heavy atom. The van der Waals surface area contributed by atoms with Crippen molar-refractivity contribution in [2.45, 2.75) is 6.92 Å². The molecule has 0 radical (unpaired) electrons. The Morgan fingerprint density at radius 3 is 2.54 bits per heavy atom. The number of thiocarbonyl (C=S) groups is 1. The molecule has 7 heteroatoms. The van der Waals surface area contributed by atoms with E-state index in [0.29, 0.717) is 14.8 Å². The van der Waals surface area contributed by atoms with Gasteiger partial charge in [-0.05, 0) is 42.9 Å². The predicted octanol–water partition coefficient (Wildman–Crippen LogP) is 2.94. The second-order valence-corrected chi connectivity index (χ2v) is 6.78. The number of rotatable bonds is 3. The number of hydrogen-bond donors (Lipinski definition) is 1. The number of aryl methyl sites for hydroxylation is 1. The van der Waals surface area contributed by atoms with E-state index in [-0.39, 0.29) is 5.91 Å². The molecule has 2 heterocycles. The first-order valence-corrected chi connectivity index (χ1v) is 8.33. The molecular weight excluding hydrogens is 342 g/mol. The van der Waals surface area contributed by atoms with Gasteiger partial charge in [-0.25, -0.2) is 0 Å². The molecule has 1 aliphatic heterocycles. The monoisotopic (exact) mass is 355 g/mol. The Balaban J connectivity index is 1.77. The van der Waals surface area contributed by atoms with Crippen molar-refractivity contribution in [3.63, 3.8) is 0 Å². The SMILES string of the molecule is Cc1ccc(C=C2SC(=S)N(NC(=O)c3ccncc3)C2=O)cc1. The van der Waals surface area contributed by atoms with Crippen LogP contribution in [0.4, 0.5) is 0 Å². The van der Waals surface area contributed by atoms with Crippen LogP contribution in [-0.2, 0) is 4.79 Å². The van der Waals surface area contributed by atoms with Gasteiger partial charge in [0.25, 0.3) is 11.8 Å². The average Bonchev–Trinajstić information content (AvgIpc) is 2.85. The number of hydrogen-bond acceptors (Lipinski definition) is 5. The van der Waals surface area contributed by atoms with Gasteiger partial charge in [0.2, 0.25) is 0 Å². The summed E-state index contributed by atoms with van der Waals surface area (Å²) in [6.07, 6.45) is 4.78. The molecule has 0 atom stereocenters. The number of hydrazine groups is 1. The van der Waals surface area contributed by atoms with E-state index in [4.69, 9.17) is 12.2 Å². The van der Waals surface area contributed by atoms with E-state index in [1.54, 1.807) is 18.2 Å². The van der Waals surface area contributed by atoms with Crippen molar-refractivity contribution >= 4 is 46.2 Å². The number of nitrogens with zero attached hydrogens (tertiary/aromatic N) is 2. The normalized spacial score (nSPS) is 15.9. The first kappa shape index (κ1) is 16.4. The summed E-state index contributed by atoms with van der Waals surface area (Å²) in [5.74, 6) is -0.752. The summed E-state index contributed by atoms with van der Waals surface area (Å²) in [6, 6.07) is 10.9. The highest BCUT2D eigenvalue weighted by molar-refractivity contribution is 8.26. The minimum absolute atomic E-state index is 0.292. The summed E-state index contributed by atoms with van der Waals surface area (Å²) in [7, 11) is 0. The molecule has 1 aromatic carbocycles. The summed E-state index contributed by atoms with van der Waals surface area (Å²) in [5.41, 5.74) is 4.99. The van der Waals surface area contributed by atoms with Crippen LogP contribution in [0.1, 0.15) is 21.5 Å². The maximum atomic E-state index is 12.5. The molecule has 1 aliphatic rings. The van der Waals surface area contributed by atoms with Gasteiger partial charge in [-0.1, -0.05) is 41.6 Å². The summed E-state index contributed by atoms with van der Waals surface area (Å²) in [4.78, 5) is 29.0. The van der Waals surface area contributed by atoms with Gasteiger partial charge >= 0.3 is 0 Å². The molecule has 120 valence electrons. The topological polar surface area (TPSA) is 62.3 Å². The second kappa shape index (κ2) is 6.94.